The summed E-state index contributed by atoms with van der Waals surface area (Å²) in [6.07, 6.45) is 1.60. The van der Waals surface area contributed by atoms with Gasteiger partial charge >= 0.3 is 0 Å². The van der Waals surface area contributed by atoms with E-state index in [9.17, 15) is 4.39 Å². The molecule has 0 aliphatic carbocycles. The topological polar surface area (TPSA) is 48.2 Å². The number of nitrogens with zero attached hydrogens (tertiary/aromatic N) is 2. The molecule has 0 amide bonds. The molecule has 0 fully saturated rings. The first-order valence-electron chi connectivity index (χ1n) is 8.01. The molecule has 0 aliphatic heterocycles. The molecule has 0 aliphatic rings. The number of hydrogen-bond acceptors (Lipinski definition) is 5. The maximum Gasteiger partial charge on any atom is 0.226 e. The SMILES string of the molecule is COc1cccc(SCCCc2nc(-c3ccc(C)c(F)c3)no2)c1. The molecule has 25 heavy (non-hydrogen) atoms. The van der Waals surface area contributed by atoms with Crippen LogP contribution in [0, 0.1) is 12.7 Å². The van der Waals surface area contributed by atoms with E-state index in [1.165, 1.54) is 11.0 Å². The zero-order valence-electron chi connectivity index (χ0n) is 14.2. The van der Waals surface area contributed by atoms with Crippen LogP contribution in [0.25, 0.3) is 11.4 Å². The fourth-order valence-electron chi connectivity index (χ4n) is 2.31. The van der Waals surface area contributed by atoms with Crippen LogP contribution in [0.5, 0.6) is 5.75 Å². The summed E-state index contributed by atoms with van der Waals surface area (Å²) in [5.41, 5.74) is 1.23. The average Bonchev–Trinajstić information content (AvgIpc) is 3.10. The van der Waals surface area contributed by atoms with Gasteiger partial charge in [0.15, 0.2) is 0 Å². The van der Waals surface area contributed by atoms with E-state index >= 15 is 0 Å². The summed E-state index contributed by atoms with van der Waals surface area (Å²) in [5, 5.41) is 3.94. The van der Waals surface area contributed by atoms with E-state index in [1.54, 1.807) is 37.9 Å². The number of hydrogen-bond donors (Lipinski definition) is 0. The lowest BCUT2D eigenvalue weighted by molar-refractivity contribution is 0.378. The molecule has 0 saturated carbocycles. The van der Waals surface area contributed by atoms with Gasteiger partial charge in [0.25, 0.3) is 0 Å². The summed E-state index contributed by atoms with van der Waals surface area (Å²) in [4.78, 5) is 5.52. The van der Waals surface area contributed by atoms with Crippen molar-refractivity contribution in [1.29, 1.82) is 0 Å². The molecule has 0 N–H and O–H groups in total. The van der Waals surface area contributed by atoms with E-state index in [0.29, 0.717) is 29.3 Å². The maximum atomic E-state index is 13.6. The Hall–Kier alpha value is -2.34. The highest BCUT2D eigenvalue weighted by atomic mass is 32.2. The van der Waals surface area contributed by atoms with Crippen molar-refractivity contribution in [3.63, 3.8) is 0 Å². The van der Waals surface area contributed by atoms with Crippen molar-refractivity contribution in [1.82, 2.24) is 10.1 Å². The Labute approximate surface area is 150 Å². The summed E-state index contributed by atoms with van der Waals surface area (Å²) < 4.78 is 24.1. The van der Waals surface area contributed by atoms with Gasteiger partial charge < -0.3 is 9.26 Å². The van der Waals surface area contributed by atoms with Gasteiger partial charge in [-0.05, 0) is 48.9 Å². The van der Waals surface area contributed by atoms with E-state index < -0.39 is 0 Å². The molecule has 0 unspecified atom stereocenters. The average molecular weight is 358 g/mol. The third-order valence-electron chi connectivity index (χ3n) is 3.74. The van der Waals surface area contributed by atoms with Crippen LogP contribution in [0.3, 0.4) is 0 Å². The van der Waals surface area contributed by atoms with Gasteiger partial charge in [0, 0.05) is 16.9 Å². The Morgan fingerprint density at radius 1 is 1.20 bits per heavy atom. The molecule has 0 saturated heterocycles. The van der Waals surface area contributed by atoms with E-state index in [4.69, 9.17) is 9.26 Å². The summed E-state index contributed by atoms with van der Waals surface area (Å²) in [6, 6.07) is 12.9. The number of rotatable bonds is 7. The number of aromatic nitrogens is 2. The first-order valence-corrected chi connectivity index (χ1v) is 9.00. The van der Waals surface area contributed by atoms with Gasteiger partial charge in [-0.15, -0.1) is 11.8 Å². The number of ether oxygens (including phenoxy) is 1. The Balaban J connectivity index is 1.52. The van der Waals surface area contributed by atoms with Crippen LogP contribution < -0.4 is 4.74 Å². The van der Waals surface area contributed by atoms with Crippen LogP contribution in [-0.4, -0.2) is 23.0 Å². The fraction of sp³-hybridized carbons (Fsp3) is 0.263. The first kappa shape index (κ1) is 17.5. The van der Waals surface area contributed by atoms with E-state index in [0.717, 1.165) is 17.9 Å². The van der Waals surface area contributed by atoms with E-state index in [1.807, 2.05) is 18.2 Å². The third-order valence-corrected chi connectivity index (χ3v) is 4.82. The van der Waals surface area contributed by atoms with Crippen LogP contribution in [0.4, 0.5) is 4.39 Å². The van der Waals surface area contributed by atoms with Crippen molar-refractivity contribution in [3.8, 4) is 17.1 Å². The summed E-state index contributed by atoms with van der Waals surface area (Å²) in [7, 11) is 1.66. The van der Waals surface area contributed by atoms with Gasteiger partial charge in [0.05, 0.1) is 7.11 Å². The van der Waals surface area contributed by atoms with Crippen molar-refractivity contribution in [2.24, 2.45) is 0 Å². The zero-order valence-corrected chi connectivity index (χ0v) is 15.0. The number of halogens is 1. The molecule has 0 radical (unpaired) electrons. The first-order chi connectivity index (χ1) is 12.2. The molecule has 0 bridgehead atoms. The minimum Gasteiger partial charge on any atom is -0.497 e. The van der Waals surface area contributed by atoms with Gasteiger partial charge in [0.2, 0.25) is 11.7 Å². The molecule has 1 heterocycles. The lowest BCUT2D eigenvalue weighted by Crippen LogP contribution is -1.90. The van der Waals surface area contributed by atoms with Gasteiger partial charge in [-0.25, -0.2) is 4.39 Å². The number of methoxy groups -OCH3 is 1. The summed E-state index contributed by atoms with van der Waals surface area (Å²) >= 11 is 1.76. The predicted molar refractivity (Wildman–Crippen MR) is 96.5 cm³/mol. The lowest BCUT2D eigenvalue weighted by atomic mass is 10.1. The van der Waals surface area contributed by atoms with Crippen LogP contribution in [-0.2, 0) is 6.42 Å². The zero-order chi connectivity index (χ0) is 17.6. The molecule has 0 atom stereocenters. The molecular weight excluding hydrogens is 339 g/mol. The van der Waals surface area contributed by atoms with Crippen LogP contribution in [0.15, 0.2) is 51.9 Å². The van der Waals surface area contributed by atoms with E-state index in [2.05, 4.69) is 16.2 Å². The standard InChI is InChI=1S/C19H19FN2O2S/c1-13-8-9-14(11-17(13)20)19-21-18(24-22-19)7-4-10-25-16-6-3-5-15(12-16)23-2/h3,5-6,8-9,11-12H,4,7,10H2,1-2H3. The van der Waals surface area contributed by atoms with Gasteiger partial charge in [0.1, 0.15) is 11.6 Å². The fourth-order valence-corrected chi connectivity index (χ4v) is 3.21. The smallest absolute Gasteiger partial charge is 0.226 e. The molecule has 1 aromatic heterocycles. The van der Waals surface area contributed by atoms with Gasteiger partial charge in [-0.1, -0.05) is 23.4 Å². The van der Waals surface area contributed by atoms with E-state index in [-0.39, 0.29) is 5.82 Å². The van der Waals surface area contributed by atoms with Crippen molar-refractivity contribution >= 4 is 11.8 Å². The minimum atomic E-state index is -0.265. The molecule has 0 spiro atoms. The monoisotopic (exact) mass is 358 g/mol. The van der Waals surface area contributed by atoms with Crippen molar-refractivity contribution in [2.45, 2.75) is 24.7 Å². The molecule has 3 rings (SSSR count). The molecule has 130 valence electrons. The lowest BCUT2D eigenvalue weighted by Gasteiger charge is -2.03. The Bertz CT molecular complexity index is 851. The molecule has 6 heteroatoms. The third kappa shape index (κ3) is 4.60. The molecular formula is C19H19FN2O2S. The summed E-state index contributed by atoms with van der Waals surface area (Å²) in [5.74, 6) is 2.52. The minimum absolute atomic E-state index is 0.265. The summed E-state index contributed by atoms with van der Waals surface area (Å²) in [6.45, 7) is 1.72. The van der Waals surface area contributed by atoms with Gasteiger partial charge in [-0.3, -0.25) is 0 Å². The van der Waals surface area contributed by atoms with Crippen LogP contribution in [0.1, 0.15) is 17.9 Å². The molecule has 4 nitrogen and oxygen atoms in total. The number of aryl methyl sites for hydroxylation is 2. The largest absolute Gasteiger partial charge is 0.497 e. The Morgan fingerprint density at radius 3 is 2.88 bits per heavy atom. The molecule has 2 aromatic carbocycles. The normalized spacial score (nSPS) is 10.8. The highest BCUT2D eigenvalue weighted by Crippen LogP contribution is 2.24. The second-order valence-electron chi connectivity index (χ2n) is 5.61. The van der Waals surface area contributed by atoms with Crippen molar-refractivity contribution < 1.29 is 13.7 Å². The second-order valence-corrected chi connectivity index (χ2v) is 6.78. The highest BCUT2D eigenvalue weighted by molar-refractivity contribution is 7.99. The Kier molecular flexibility index (Phi) is 5.71. The van der Waals surface area contributed by atoms with Crippen LogP contribution in [0.2, 0.25) is 0 Å². The van der Waals surface area contributed by atoms with Crippen LogP contribution >= 0.6 is 11.8 Å². The quantitative estimate of drug-likeness (QED) is 0.443. The Morgan fingerprint density at radius 2 is 2.08 bits per heavy atom. The molecule has 3 aromatic rings. The van der Waals surface area contributed by atoms with Crippen molar-refractivity contribution in [2.75, 3.05) is 12.9 Å². The predicted octanol–water partition coefficient (Wildman–Crippen LogP) is 4.92. The number of benzene rings is 2. The van der Waals surface area contributed by atoms with Crippen molar-refractivity contribution in [3.05, 3.63) is 59.7 Å². The van der Waals surface area contributed by atoms with Gasteiger partial charge in [-0.2, -0.15) is 4.98 Å². The highest BCUT2D eigenvalue weighted by Gasteiger charge is 2.10. The maximum absolute atomic E-state index is 13.6. The second kappa shape index (κ2) is 8.16. The number of thioether (sulfide) groups is 1.